The fourth-order valence-electron chi connectivity index (χ4n) is 0.483. The van der Waals surface area contributed by atoms with Crippen molar-refractivity contribution in [1.82, 2.24) is 4.72 Å². The van der Waals surface area contributed by atoms with E-state index in [1.807, 2.05) is 10.8 Å². The lowest BCUT2D eigenvalue weighted by Crippen LogP contribution is -1.99. The first-order valence-electron chi connectivity index (χ1n) is 2.51. The van der Waals surface area contributed by atoms with Gasteiger partial charge in [0.1, 0.15) is 0 Å². The first-order chi connectivity index (χ1) is 3.50. The van der Waals surface area contributed by atoms with Crippen LogP contribution in [0.3, 0.4) is 0 Å². The van der Waals surface area contributed by atoms with Gasteiger partial charge in [-0.15, -0.1) is 0 Å². The molecule has 0 aromatic rings. The largest absolute Gasteiger partial charge is 0.255 e. The molecular formula is C4H9NS2. The summed E-state index contributed by atoms with van der Waals surface area (Å²) in [5.74, 6) is 1.32. The van der Waals surface area contributed by atoms with E-state index in [1.54, 1.807) is 11.0 Å². The average molecular weight is 135 g/mol. The summed E-state index contributed by atoms with van der Waals surface area (Å²) >= 11 is 0. The lowest BCUT2D eigenvalue weighted by molar-refractivity contribution is 0.790. The third-order valence-corrected chi connectivity index (χ3v) is 2.98. The first-order valence-corrected chi connectivity index (χ1v) is 4.83. The van der Waals surface area contributed by atoms with Crippen molar-refractivity contribution in [2.75, 3.05) is 12.3 Å². The van der Waals surface area contributed by atoms with Crippen molar-refractivity contribution in [2.24, 2.45) is 0 Å². The van der Waals surface area contributed by atoms with E-state index in [0.29, 0.717) is 0 Å². The van der Waals surface area contributed by atoms with E-state index >= 15 is 0 Å². The van der Waals surface area contributed by atoms with Crippen molar-refractivity contribution in [3.63, 3.8) is 0 Å². The van der Waals surface area contributed by atoms with Crippen molar-refractivity contribution in [3.8, 4) is 0 Å². The topological polar surface area (TPSA) is 12.0 Å². The van der Waals surface area contributed by atoms with Crippen LogP contribution in [0, 0.1) is 0 Å². The Hall–Kier alpha value is 0.660. The number of hydrogen-bond donors (Lipinski definition) is 1. The van der Waals surface area contributed by atoms with E-state index < -0.39 is 0 Å². The van der Waals surface area contributed by atoms with Gasteiger partial charge in [-0.1, -0.05) is 10.8 Å². The Morgan fingerprint density at radius 3 is 3.29 bits per heavy atom. The molecule has 0 aromatic carbocycles. The molecule has 0 atom stereocenters. The minimum absolute atomic E-state index is 1.19. The Balaban J connectivity index is 2.04. The third-order valence-electron chi connectivity index (χ3n) is 0.874. The number of hydrogen-bond acceptors (Lipinski definition) is 3. The van der Waals surface area contributed by atoms with Crippen LogP contribution in [-0.4, -0.2) is 12.3 Å². The molecule has 0 aromatic heterocycles. The second kappa shape index (κ2) is 3.64. The Morgan fingerprint density at radius 2 is 2.29 bits per heavy atom. The SMILES string of the molecule is C1CCSSNC1. The zero-order valence-electron chi connectivity index (χ0n) is 4.14. The highest BCUT2D eigenvalue weighted by atomic mass is 33.1. The lowest BCUT2D eigenvalue weighted by atomic mass is 10.3. The van der Waals surface area contributed by atoms with Crippen LogP contribution >= 0.6 is 21.8 Å². The molecule has 0 spiro atoms. The Morgan fingerprint density at radius 1 is 1.29 bits per heavy atom. The van der Waals surface area contributed by atoms with E-state index in [9.17, 15) is 0 Å². The maximum Gasteiger partial charge on any atom is 0.00666 e. The average Bonchev–Trinajstić information content (AvgIpc) is 1.90. The zero-order chi connectivity index (χ0) is 4.95. The molecule has 1 nitrogen and oxygen atoms in total. The van der Waals surface area contributed by atoms with Crippen molar-refractivity contribution < 1.29 is 0 Å². The molecule has 1 aliphatic heterocycles. The normalized spacial score (nSPS) is 24.0. The van der Waals surface area contributed by atoms with Gasteiger partial charge < -0.3 is 0 Å². The predicted octanol–water partition coefficient (Wildman–Crippen LogP) is 1.67. The molecule has 1 rings (SSSR count). The van der Waals surface area contributed by atoms with Gasteiger partial charge in [0.15, 0.2) is 0 Å². The maximum absolute atomic E-state index is 3.23. The van der Waals surface area contributed by atoms with E-state index in [0.717, 1.165) is 0 Å². The smallest absolute Gasteiger partial charge is 0.00666 e. The highest BCUT2D eigenvalue weighted by Gasteiger charge is 1.95. The van der Waals surface area contributed by atoms with Crippen LogP contribution in [0.1, 0.15) is 12.8 Å². The summed E-state index contributed by atoms with van der Waals surface area (Å²) in [6, 6.07) is 0. The van der Waals surface area contributed by atoms with Crippen LogP contribution in [-0.2, 0) is 0 Å². The van der Waals surface area contributed by atoms with Crippen LogP contribution in [0.4, 0.5) is 0 Å². The quantitative estimate of drug-likeness (QED) is 0.401. The maximum atomic E-state index is 3.23. The summed E-state index contributed by atoms with van der Waals surface area (Å²) in [4.78, 5) is 0. The zero-order valence-corrected chi connectivity index (χ0v) is 5.78. The van der Waals surface area contributed by atoms with E-state index in [-0.39, 0.29) is 0 Å². The van der Waals surface area contributed by atoms with E-state index in [1.165, 1.54) is 25.1 Å². The van der Waals surface area contributed by atoms with Crippen LogP contribution in [0.15, 0.2) is 0 Å². The minimum atomic E-state index is 1.19. The fourth-order valence-corrected chi connectivity index (χ4v) is 2.30. The predicted molar refractivity (Wildman–Crippen MR) is 37.3 cm³/mol. The first kappa shape index (κ1) is 5.79. The molecule has 1 saturated heterocycles. The van der Waals surface area contributed by atoms with Crippen LogP contribution in [0.5, 0.6) is 0 Å². The summed E-state index contributed by atoms with van der Waals surface area (Å²) in [5.41, 5.74) is 0. The summed E-state index contributed by atoms with van der Waals surface area (Å²) in [5, 5.41) is 0. The summed E-state index contributed by atoms with van der Waals surface area (Å²) < 4.78 is 3.23. The molecular weight excluding hydrogens is 126 g/mol. The standard InChI is InChI=1S/C4H9NS2/c1-2-4-6-7-5-3-1/h5H,1-4H2. The Kier molecular flexibility index (Phi) is 3.01. The molecule has 42 valence electrons. The van der Waals surface area contributed by atoms with Gasteiger partial charge in [0, 0.05) is 12.3 Å². The molecule has 0 radical (unpaired) electrons. The molecule has 0 amide bonds. The van der Waals surface area contributed by atoms with Crippen LogP contribution in [0.2, 0.25) is 0 Å². The summed E-state index contributed by atoms with van der Waals surface area (Å²) in [7, 11) is 3.70. The highest BCUT2D eigenvalue weighted by Crippen LogP contribution is 2.21. The molecule has 1 fully saturated rings. The molecule has 0 unspecified atom stereocenters. The van der Waals surface area contributed by atoms with E-state index in [2.05, 4.69) is 4.72 Å². The van der Waals surface area contributed by atoms with Gasteiger partial charge in [-0.3, -0.25) is 4.72 Å². The van der Waals surface area contributed by atoms with Gasteiger partial charge in [0.2, 0.25) is 0 Å². The molecule has 1 aliphatic rings. The lowest BCUT2D eigenvalue weighted by Gasteiger charge is -1.89. The van der Waals surface area contributed by atoms with Crippen molar-refractivity contribution in [1.29, 1.82) is 0 Å². The van der Waals surface area contributed by atoms with Crippen LogP contribution in [0.25, 0.3) is 0 Å². The Labute approximate surface area is 52.2 Å². The van der Waals surface area contributed by atoms with Crippen molar-refractivity contribution in [3.05, 3.63) is 0 Å². The van der Waals surface area contributed by atoms with Crippen molar-refractivity contribution >= 4 is 21.8 Å². The van der Waals surface area contributed by atoms with Gasteiger partial charge >= 0.3 is 0 Å². The number of nitrogens with one attached hydrogen (secondary N) is 1. The second-order valence-corrected chi connectivity index (χ2v) is 3.81. The van der Waals surface area contributed by atoms with E-state index in [4.69, 9.17) is 0 Å². The van der Waals surface area contributed by atoms with Gasteiger partial charge in [0.25, 0.3) is 0 Å². The number of rotatable bonds is 0. The molecule has 0 aliphatic carbocycles. The summed E-state index contributed by atoms with van der Waals surface area (Å²) in [6.45, 7) is 1.19. The second-order valence-electron chi connectivity index (χ2n) is 1.51. The molecule has 1 heterocycles. The fraction of sp³-hybridized carbons (Fsp3) is 1.00. The van der Waals surface area contributed by atoms with Crippen LogP contribution < -0.4 is 4.72 Å². The summed E-state index contributed by atoms with van der Waals surface area (Å²) in [6.07, 6.45) is 2.73. The monoisotopic (exact) mass is 135 g/mol. The van der Waals surface area contributed by atoms with Gasteiger partial charge in [-0.25, -0.2) is 0 Å². The molecule has 7 heavy (non-hydrogen) atoms. The molecule has 0 saturated carbocycles. The Bertz CT molecular complexity index is 29.3. The van der Waals surface area contributed by atoms with Gasteiger partial charge in [-0.05, 0) is 23.8 Å². The molecule has 1 N–H and O–H groups in total. The van der Waals surface area contributed by atoms with Gasteiger partial charge in [-0.2, -0.15) is 0 Å². The highest BCUT2D eigenvalue weighted by molar-refractivity contribution is 8.76. The molecule has 0 bridgehead atoms. The minimum Gasteiger partial charge on any atom is -0.255 e. The molecule has 3 heteroatoms. The van der Waals surface area contributed by atoms with Crippen molar-refractivity contribution in [2.45, 2.75) is 12.8 Å². The third kappa shape index (κ3) is 2.46. The van der Waals surface area contributed by atoms with Gasteiger partial charge in [0.05, 0.1) is 0 Å².